The van der Waals surface area contributed by atoms with Gasteiger partial charge in [-0.15, -0.1) is 0 Å². The van der Waals surface area contributed by atoms with Gasteiger partial charge in [0.05, 0.1) is 0 Å². The first-order valence-corrected chi connectivity index (χ1v) is 6.42. The summed E-state index contributed by atoms with van der Waals surface area (Å²) in [6.07, 6.45) is 1.72. The molecule has 0 radical (unpaired) electrons. The summed E-state index contributed by atoms with van der Waals surface area (Å²) < 4.78 is 26.8. The van der Waals surface area contributed by atoms with Crippen LogP contribution in [0.5, 0.6) is 0 Å². The van der Waals surface area contributed by atoms with Gasteiger partial charge in [-0.1, -0.05) is 35.9 Å². The fourth-order valence-electron chi connectivity index (χ4n) is 2.33. The molecule has 0 atom stereocenters. The molecule has 0 spiro atoms. The lowest BCUT2D eigenvalue weighted by molar-refractivity contribution is 0.104. The van der Waals surface area contributed by atoms with Crippen LogP contribution in [0.15, 0.2) is 42.0 Å². The van der Waals surface area contributed by atoms with Gasteiger partial charge in [0.1, 0.15) is 0 Å². The number of fused-ring (bicyclic) bond motifs is 1. The first-order valence-electron chi connectivity index (χ1n) is 6.04. The molecule has 4 heteroatoms. The van der Waals surface area contributed by atoms with Gasteiger partial charge in [0.2, 0.25) is 0 Å². The third-order valence-corrected chi connectivity index (χ3v) is 3.69. The summed E-state index contributed by atoms with van der Waals surface area (Å²) >= 11 is 6.05. The fourth-order valence-corrected chi connectivity index (χ4v) is 2.57. The highest BCUT2D eigenvalue weighted by Crippen LogP contribution is 2.33. The van der Waals surface area contributed by atoms with Crippen LogP contribution in [-0.2, 0) is 6.42 Å². The van der Waals surface area contributed by atoms with E-state index in [9.17, 15) is 13.6 Å². The second-order valence-corrected chi connectivity index (χ2v) is 4.99. The summed E-state index contributed by atoms with van der Waals surface area (Å²) in [5, 5.41) is 0.513. The highest BCUT2D eigenvalue weighted by molar-refractivity contribution is 6.33. The summed E-state index contributed by atoms with van der Waals surface area (Å²) in [5.41, 5.74) is 1.75. The minimum absolute atomic E-state index is 0.0669. The van der Waals surface area contributed by atoms with Crippen LogP contribution in [0, 0.1) is 11.6 Å². The Bertz CT molecular complexity index is 750. The topological polar surface area (TPSA) is 17.1 Å². The Morgan fingerprint density at radius 3 is 2.60 bits per heavy atom. The maximum Gasteiger partial charge on any atom is 0.189 e. The molecule has 0 bridgehead atoms. The third kappa shape index (κ3) is 2.04. The molecule has 2 aromatic carbocycles. The van der Waals surface area contributed by atoms with Crippen LogP contribution in [0.1, 0.15) is 21.5 Å². The van der Waals surface area contributed by atoms with Gasteiger partial charge in [-0.2, -0.15) is 0 Å². The largest absolute Gasteiger partial charge is 0.289 e. The predicted molar refractivity (Wildman–Crippen MR) is 73.8 cm³/mol. The molecule has 0 unspecified atom stereocenters. The lowest BCUT2D eigenvalue weighted by atomic mass is 10.1. The number of benzene rings is 2. The van der Waals surface area contributed by atoms with E-state index in [4.69, 9.17) is 11.6 Å². The van der Waals surface area contributed by atoms with E-state index in [1.54, 1.807) is 18.2 Å². The van der Waals surface area contributed by atoms with E-state index in [-0.39, 0.29) is 11.3 Å². The standard InChI is InChI=1S/C16H9ClF2O/c17-13-5-2-4-11-12(13)8-10(16(11)20)7-9-3-1-6-14(18)15(9)19/h1-7H,8H2/b10-7-. The zero-order valence-electron chi connectivity index (χ0n) is 10.3. The Balaban J connectivity index is 2.06. The number of carbonyl (C=O) groups is 1. The fraction of sp³-hybridized carbons (Fsp3) is 0.0625. The van der Waals surface area contributed by atoms with E-state index < -0.39 is 11.6 Å². The van der Waals surface area contributed by atoms with Crippen molar-refractivity contribution < 1.29 is 13.6 Å². The summed E-state index contributed by atoms with van der Waals surface area (Å²) in [6.45, 7) is 0. The van der Waals surface area contributed by atoms with Crippen molar-refractivity contribution in [1.29, 1.82) is 0 Å². The number of Topliss-reactive ketones (excluding diaryl/α,β-unsaturated/α-hetero) is 1. The lowest BCUT2D eigenvalue weighted by Crippen LogP contribution is -1.96. The van der Waals surface area contributed by atoms with Gasteiger partial charge < -0.3 is 0 Å². The van der Waals surface area contributed by atoms with Crippen LogP contribution in [0.4, 0.5) is 8.78 Å². The summed E-state index contributed by atoms with van der Waals surface area (Å²) in [6, 6.07) is 8.98. The van der Waals surface area contributed by atoms with Gasteiger partial charge in [0, 0.05) is 28.1 Å². The minimum atomic E-state index is -0.949. The lowest BCUT2D eigenvalue weighted by Gasteiger charge is -2.00. The normalized spacial score (nSPS) is 15.8. The van der Waals surface area contributed by atoms with Crippen LogP contribution < -0.4 is 0 Å². The molecule has 0 saturated heterocycles. The monoisotopic (exact) mass is 290 g/mol. The molecule has 0 amide bonds. The predicted octanol–water partition coefficient (Wildman–Crippen LogP) is 4.44. The van der Waals surface area contributed by atoms with E-state index in [0.29, 0.717) is 22.6 Å². The van der Waals surface area contributed by atoms with Gasteiger partial charge in [0.15, 0.2) is 17.4 Å². The SMILES string of the molecule is O=C1/C(=C\c2cccc(F)c2F)Cc2c(Cl)cccc21. The van der Waals surface area contributed by atoms with Crippen molar-refractivity contribution >= 4 is 23.5 Å². The summed E-state index contributed by atoms with van der Waals surface area (Å²) in [4.78, 5) is 12.2. The van der Waals surface area contributed by atoms with Crippen LogP contribution in [-0.4, -0.2) is 5.78 Å². The molecular weight excluding hydrogens is 282 g/mol. The molecule has 0 N–H and O–H groups in total. The number of hydrogen-bond donors (Lipinski definition) is 0. The first kappa shape index (κ1) is 13.0. The Morgan fingerprint density at radius 1 is 1.10 bits per heavy atom. The highest BCUT2D eigenvalue weighted by Gasteiger charge is 2.26. The first-order chi connectivity index (χ1) is 9.58. The molecule has 0 aliphatic heterocycles. The van der Waals surface area contributed by atoms with Gasteiger partial charge in [0.25, 0.3) is 0 Å². The van der Waals surface area contributed by atoms with Crippen LogP contribution in [0.3, 0.4) is 0 Å². The Hall–Kier alpha value is -2.00. The van der Waals surface area contributed by atoms with Crippen molar-refractivity contribution in [2.45, 2.75) is 6.42 Å². The van der Waals surface area contributed by atoms with Crippen molar-refractivity contribution in [3.05, 3.63) is 75.3 Å². The second-order valence-electron chi connectivity index (χ2n) is 4.58. The number of carbonyl (C=O) groups excluding carboxylic acids is 1. The molecule has 1 aliphatic carbocycles. The zero-order chi connectivity index (χ0) is 14.3. The van der Waals surface area contributed by atoms with Crippen molar-refractivity contribution in [3.63, 3.8) is 0 Å². The second kappa shape index (κ2) is 4.84. The van der Waals surface area contributed by atoms with E-state index in [1.807, 2.05) is 0 Å². The smallest absolute Gasteiger partial charge is 0.189 e. The number of hydrogen-bond acceptors (Lipinski definition) is 1. The maximum atomic E-state index is 13.6. The number of rotatable bonds is 1. The van der Waals surface area contributed by atoms with Gasteiger partial charge in [-0.25, -0.2) is 8.78 Å². The van der Waals surface area contributed by atoms with Crippen molar-refractivity contribution in [2.24, 2.45) is 0 Å². The Kier molecular flexibility index (Phi) is 3.14. The third-order valence-electron chi connectivity index (χ3n) is 3.33. The van der Waals surface area contributed by atoms with Gasteiger partial charge in [-0.05, 0) is 23.8 Å². The highest BCUT2D eigenvalue weighted by atomic mass is 35.5. The summed E-state index contributed by atoms with van der Waals surface area (Å²) in [5.74, 6) is -2.07. The van der Waals surface area contributed by atoms with Crippen molar-refractivity contribution in [3.8, 4) is 0 Å². The zero-order valence-corrected chi connectivity index (χ0v) is 11.0. The molecule has 0 aromatic heterocycles. The van der Waals surface area contributed by atoms with Crippen molar-refractivity contribution in [1.82, 2.24) is 0 Å². The number of allylic oxidation sites excluding steroid dienone is 1. The van der Waals surface area contributed by atoms with Crippen LogP contribution in [0.2, 0.25) is 5.02 Å². The molecule has 1 nitrogen and oxygen atoms in total. The van der Waals surface area contributed by atoms with E-state index in [0.717, 1.165) is 11.6 Å². The Morgan fingerprint density at radius 2 is 1.85 bits per heavy atom. The molecule has 100 valence electrons. The summed E-state index contributed by atoms with van der Waals surface area (Å²) in [7, 11) is 0. The van der Waals surface area contributed by atoms with Crippen molar-refractivity contribution in [2.75, 3.05) is 0 Å². The maximum absolute atomic E-state index is 13.6. The molecule has 3 rings (SSSR count). The van der Waals surface area contributed by atoms with E-state index in [2.05, 4.69) is 0 Å². The molecule has 2 aromatic rings. The van der Waals surface area contributed by atoms with Gasteiger partial charge in [-0.3, -0.25) is 4.79 Å². The average Bonchev–Trinajstić information content (AvgIpc) is 2.74. The molecule has 1 aliphatic rings. The molecule has 0 saturated carbocycles. The Labute approximate surface area is 119 Å². The van der Waals surface area contributed by atoms with Crippen LogP contribution >= 0.6 is 11.6 Å². The average molecular weight is 291 g/mol. The molecule has 0 heterocycles. The molecular formula is C16H9ClF2O. The van der Waals surface area contributed by atoms with E-state index >= 15 is 0 Å². The number of ketones is 1. The molecule has 0 fully saturated rings. The van der Waals surface area contributed by atoms with Gasteiger partial charge >= 0.3 is 0 Å². The molecule has 20 heavy (non-hydrogen) atoms. The minimum Gasteiger partial charge on any atom is -0.289 e. The van der Waals surface area contributed by atoms with Crippen LogP contribution in [0.25, 0.3) is 6.08 Å². The quantitative estimate of drug-likeness (QED) is 0.710. The number of halogens is 3. The van der Waals surface area contributed by atoms with E-state index in [1.165, 1.54) is 18.2 Å².